The summed E-state index contributed by atoms with van der Waals surface area (Å²) in [7, 11) is 0. The molecule has 0 bridgehead atoms. The highest BCUT2D eigenvalue weighted by molar-refractivity contribution is 5.78. The van der Waals surface area contributed by atoms with Crippen LogP contribution in [0.4, 0.5) is 0 Å². The molecule has 0 aromatic carbocycles. The molecule has 1 fully saturated rings. The average molecular weight is 250 g/mol. The van der Waals surface area contributed by atoms with Crippen LogP contribution in [0.1, 0.15) is 38.9 Å². The first kappa shape index (κ1) is 13.1. The Hall–Kier alpha value is -1.29. The third-order valence-corrected chi connectivity index (χ3v) is 3.74. The van der Waals surface area contributed by atoms with E-state index in [-0.39, 0.29) is 5.91 Å². The molecular formula is C14H22N2O2. The van der Waals surface area contributed by atoms with Gasteiger partial charge in [-0.1, -0.05) is 6.42 Å². The molecule has 1 amide bonds. The first-order valence-corrected chi connectivity index (χ1v) is 6.71. The Morgan fingerprint density at radius 3 is 2.78 bits per heavy atom. The maximum absolute atomic E-state index is 11.9. The molecule has 4 heteroatoms. The van der Waals surface area contributed by atoms with E-state index in [0.29, 0.717) is 25.2 Å². The minimum atomic E-state index is 0.0759. The number of piperidine rings is 1. The Morgan fingerprint density at radius 1 is 1.44 bits per heavy atom. The summed E-state index contributed by atoms with van der Waals surface area (Å²) < 4.78 is 5.19. The number of furan rings is 1. The molecule has 0 radical (unpaired) electrons. The Balaban J connectivity index is 1.79. The summed E-state index contributed by atoms with van der Waals surface area (Å²) in [6.45, 7) is 5.37. The molecule has 1 aliphatic rings. The number of hydrogen-bond donors (Lipinski definition) is 1. The van der Waals surface area contributed by atoms with Gasteiger partial charge in [0.15, 0.2) is 0 Å². The number of likely N-dealkylation sites (tertiary alicyclic amines) is 1. The molecule has 1 aliphatic heterocycles. The number of rotatable bonds is 4. The molecule has 0 spiro atoms. The molecule has 0 aliphatic carbocycles. The zero-order chi connectivity index (χ0) is 13.0. The van der Waals surface area contributed by atoms with Crippen LogP contribution in [0, 0.1) is 0 Å². The lowest BCUT2D eigenvalue weighted by Gasteiger charge is -2.38. The molecule has 2 atom stereocenters. The molecule has 100 valence electrons. The highest BCUT2D eigenvalue weighted by atomic mass is 16.3. The first-order valence-electron chi connectivity index (χ1n) is 6.71. The molecule has 2 heterocycles. The lowest BCUT2D eigenvalue weighted by molar-refractivity contribution is -0.124. The van der Waals surface area contributed by atoms with Gasteiger partial charge in [0.2, 0.25) is 5.91 Å². The predicted molar refractivity (Wildman–Crippen MR) is 70.0 cm³/mol. The van der Waals surface area contributed by atoms with E-state index in [1.54, 1.807) is 6.26 Å². The molecule has 18 heavy (non-hydrogen) atoms. The molecule has 0 saturated carbocycles. The summed E-state index contributed by atoms with van der Waals surface area (Å²) >= 11 is 0. The van der Waals surface area contributed by atoms with E-state index in [2.05, 4.69) is 24.1 Å². The van der Waals surface area contributed by atoms with Gasteiger partial charge in [0.05, 0.1) is 19.4 Å². The fourth-order valence-electron chi connectivity index (χ4n) is 2.61. The van der Waals surface area contributed by atoms with Crippen molar-refractivity contribution in [2.24, 2.45) is 0 Å². The van der Waals surface area contributed by atoms with Crippen LogP contribution in [0.5, 0.6) is 0 Å². The maximum atomic E-state index is 11.9. The zero-order valence-corrected chi connectivity index (χ0v) is 11.2. The number of hydrogen-bond acceptors (Lipinski definition) is 3. The third-order valence-electron chi connectivity index (χ3n) is 3.74. The Morgan fingerprint density at radius 2 is 2.17 bits per heavy atom. The summed E-state index contributed by atoms with van der Waals surface area (Å²) in [5.41, 5.74) is 0. The predicted octanol–water partition coefficient (Wildman–Crippen LogP) is 2.16. The van der Waals surface area contributed by atoms with Gasteiger partial charge in [-0.25, -0.2) is 0 Å². The van der Waals surface area contributed by atoms with Gasteiger partial charge in [-0.3, -0.25) is 9.69 Å². The Kier molecular flexibility index (Phi) is 4.42. The van der Waals surface area contributed by atoms with Crippen molar-refractivity contribution in [3.63, 3.8) is 0 Å². The van der Waals surface area contributed by atoms with E-state index < -0.39 is 0 Å². The summed E-state index contributed by atoms with van der Waals surface area (Å²) in [4.78, 5) is 14.2. The molecule has 4 nitrogen and oxygen atoms in total. The fourth-order valence-corrected chi connectivity index (χ4v) is 2.61. The van der Waals surface area contributed by atoms with Gasteiger partial charge >= 0.3 is 0 Å². The van der Waals surface area contributed by atoms with E-state index in [0.717, 1.165) is 5.76 Å². The maximum Gasteiger partial charge on any atom is 0.234 e. The summed E-state index contributed by atoms with van der Waals surface area (Å²) in [5.74, 6) is 0.870. The number of amides is 1. The normalized spacial score (nSPS) is 25.0. The van der Waals surface area contributed by atoms with Crippen LogP contribution >= 0.6 is 0 Å². The molecule has 2 rings (SSSR count). The van der Waals surface area contributed by atoms with Gasteiger partial charge in [0.25, 0.3) is 0 Å². The Labute approximate surface area is 108 Å². The summed E-state index contributed by atoms with van der Waals surface area (Å²) in [6, 6.07) is 4.70. The topological polar surface area (TPSA) is 45.5 Å². The minimum absolute atomic E-state index is 0.0759. The second kappa shape index (κ2) is 6.05. The monoisotopic (exact) mass is 250 g/mol. The summed E-state index contributed by atoms with van der Waals surface area (Å²) in [5, 5.41) is 2.90. The van der Waals surface area contributed by atoms with E-state index >= 15 is 0 Å². The molecular weight excluding hydrogens is 228 g/mol. The van der Waals surface area contributed by atoms with E-state index in [9.17, 15) is 4.79 Å². The van der Waals surface area contributed by atoms with Crippen LogP contribution in [0.2, 0.25) is 0 Å². The number of carbonyl (C=O) groups is 1. The lowest BCUT2D eigenvalue weighted by atomic mass is 9.97. The van der Waals surface area contributed by atoms with Crippen molar-refractivity contribution in [2.45, 2.75) is 51.7 Å². The van der Waals surface area contributed by atoms with Crippen molar-refractivity contribution in [1.29, 1.82) is 0 Å². The van der Waals surface area contributed by atoms with Gasteiger partial charge in [-0.2, -0.15) is 0 Å². The Bertz CT molecular complexity index is 365. The zero-order valence-electron chi connectivity index (χ0n) is 11.2. The molecule has 1 aromatic rings. The second-order valence-electron chi connectivity index (χ2n) is 5.16. The summed E-state index contributed by atoms with van der Waals surface area (Å²) in [6.07, 6.45) is 5.27. The van der Waals surface area contributed by atoms with Crippen molar-refractivity contribution < 1.29 is 9.21 Å². The first-order chi connectivity index (χ1) is 8.66. The van der Waals surface area contributed by atoms with E-state index in [1.807, 2.05) is 12.1 Å². The number of nitrogens with zero attached hydrogens (tertiary/aromatic N) is 1. The fraction of sp³-hybridized carbons (Fsp3) is 0.643. The van der Waals surface area contributed by atoms with Crippen LogP contribution in [0.3, 0.4) is 0 Å². The van der Waals surface area contributed by atoms with Gasteiger partial charge < -0.3 is 9.73 Å². The minimum Gasteiger partial charge on any atom is -0.467 e. The molecule has 2 unspecified atom stereocenters. The van der Waals surface area contributed by atoms with Crippen molar-refractivity contribution in [2.75, 3.05) is 6.54 Å². The molecule has 1 saturated heterocycles. The third kappa shape index (κ3) is 3.35. The van der Waals surface area contributed by atoms with Crippen LogP contribution in [-0.2, 0) is 11.3 Å². The second-order valence-corrected chi connectivity index (χ2v) is 5.16. The van der Waals surface area contributed by atoms with Crippen LogP contribution in [-0.4, -0.2) is 29.4 Å². The lowest BCUT2D eigenvalue weighted by Crippen LogP contribution is -2.48. The smallest absolute Gasteiger partial charge is 0.234 e. The average Bonchev–Trinajstić information content (AvgIpc) is 2.84. The van der Waals surface area contributed by atoms with Crippen LogP contribution in [0.15, 0.2) is 22.8 Å². The van der Waals surface area contributed by atoms with Crippen molar-refractivity contribution >= 4 is 5.91 Å². The number of carbonyl (C=O) groups excluding carboxylic acids is 1. The molecule has 1 aromatic heterocycles. The van der Waals surface area contributed by atoms with E-state index in [1.165, 1.54) is 19.3 Å². The van der Waals surface area contributed by atoms with Crippen molar-refractivity contribution in [3.05, 3.63) is 24.2 Å². The van der Waals surface area contributed by atoms with Gasteiger partial charge in [-0.15, -0.1) is 0 Å². The van der Waals surface area contributed by atoms with Gasteiger partial charge in [0, 0.05) is 12.1 Å². The molecule has 1 N–H and O–H groups in total. The largest absolute Gasteiger partial charge is 0.467 e. The quantitative estimate of drug-likeness (QED) is 0.890. The highest BCUT2D eigenvalue weighted by Gasteiger charge is 2.26. The SMILES string of the molecule is CC1CCCC(C)N1CC(=O)NCc1ccco1. The van der Waals surface area contributed by atoms with Gasteiger partial charge in [-0.05, 0) is 38.8 Å². The van der Waals surface area contributed by atoms with Crippen molar-refractivity contribution in [3.8, 4) is 0 Å². The van der Waals surface area contributed by atoms with Gasteiger partial charge in [0.1, 0.15) is 5.76 Å². The standard InChI is InChI=1S/C14H22N2O2/c1-11-5-3-6-12(2)16(11)10-14(17)15-9-13-7-4-8-18-13/h4,7-8,11-12H,3,5-6,9-10H2,1-2H3,(H,15,17). The van der Waals surface area contributed by atoms with Crippen LogP contribution in [0.25, 0.3) is 0 Å². The van der Waals surface area contributed by atoms with E-state index in [4.69, 9.17) is 4.42 Å². The highest BCUT2D eigenvalue weighted by Crippen LogP contribution is 2.21. The van der Waals surface area contributed by atoms with Crippen LogP contribution < -0.4 is 5.32 Å². The number of nitrogens with one attached hydrogen (secondary N) is 1. The van der Waals surface area contributed by atoms with Crippen molar-refractivity contribution in [1.82, 2.24) is 10.2 Å².